The molecule has 0 amide bonds. The summed E-state index contributed by atoms with van der Waals surface area (Å²) < 4.78 is 0. The maximum absolute atomic E-state index is 3.52. The third-order valence-electron chi connectivity index (χ3n) is 2.59. The Morgan fingerprint density at radius 3 is 2.60 bits per heavy atom. The molecule has 1 aromatic carbocycles. The van der Waals surface area contributed by atoms with Crippen molar-refractivity contribution < 1.29 is 0 Å². The van der Waals surface area contributed by atoms with Crippen LogP contribution in [0.2, 0.25) is 0 Å². The highest BCUT2D eigenvalue weighted by atomic mass is 79.9. The molecule has 2 heteroatoms. The number of hydrogen-bond donors (Lipinski definition) is 0. The molecule has 0 aliphatic carbocycles. The minimum atomic E-state index is 0.707. The predicted molar refractivity (Wildman–Crippen MR) is 70.5 cm³/mol. The molecule has 0 heterocycles. The number of halogens is 1. The molecule has 1 unspecified atom stereocenters. The van der Waals surface area contributed by atoms with Gasteiger partial charge in [0.2, 0.25) is 0 Å². The maximum Gasteiger partial charge on any atom is 0.0233 e. The number of aryl methyl sites for hydroxylation is 1. The highest BCUT2D eigenvalue weighted by Crippen LogP contribution is 2.11. The van der Waals surface area contributed by atoms with Gasteiger partial charge in [0.15, 0.2) is 0 Å². The zero-order valence-corrected chi connectivity index (χ0v) is 11.4. The first-order valence-electron chi connectivity index (χ1n) is 5.42. The molecule has 1 aromatic rings. The van der Waals surface area contributed by atoms with E-state index in [2.05, 4.69) is 66.0 Å². The zero-order chi connectivity index (χ0) is 11.3. The molecule has 1 nitrogen and oxygen atoms in total. The molecular formula is C13H20BrN. The van der Waals surface area contributed by atoms with Crippen LogP contribution in [0.4, 0.5) is 0 Å². The fraction of sp³-hybridized carbons (Fsp3) is 0.538. The van der Waals surface area contributed by atoms with Crippen molar-refractivity contribution in [2.75, 3.05) is 18.9 Å². The summed E-state index contributed by atoms with van der Waals surface area (Å²) in [6, 6.07) is 8.60. The third-order valence-corrected chi connectivity index (χ3v) is 3.69. The lowest BCUT2D eigenvalue weighted by molar-refractivity contribution is 0.290. The second-order valence-electron chi connectivity index (χ2n) is 4.38. The van der Waals surface area contributed by atoms with Crippen LogP contribution in [0.1, 0.15) is 18.1 Å². The van der Waals surface area contributed by atoms with Gasteiger partial charge in [0.05, 0.1) is 0 Å². The number of nitrogens with zero attached hydrogens (tertiary/aromatic N) is 1. The van der Waals surface area contributed by atoms with E-state index in [0.717, 1.165) is 18.4 Å². The van der Waals surface area contributed by atoms with Crippen LogP contribution in [0.25, 0.3) is 0 Å². The first-order valence-corrected chi connectivity index (χ1v) is 6.54. The molecule has 0 aliphatic rings. The van der Waals surface area contributed by atoms with Gasteiger partial charge < -0.3 is 4.90 Å². The van der Waals surface area contributed by atoms with E-state index in [-0.39, 0.29) is 0 Å². The number of alkyl halides is 1. The minimum absolute atomic E-state index is 0.707. The van der Waals surface area contributed by atoms with Crippen molar-refractivity contribution in [2.24, 2.45) is 5.92 Å². The van der Waals surface area contributed by atoms with Gasteiger partial charge in [-0.15, -0.1) is 0 Å². The average Bonchev–Trinajstić information content (AvgIpc) is 2.21. The fourth-order valence-corrected chi connectivity index (χ4v) is 1.93. The van der Waals surface area contributed by atoms with E-state index in [0.29, 0.717) is 5.92 Å². The van der Waals surface area contributed by atoms with Crippen molar-refractivity contribution >= 4 is 15.9 Å². The number of hydrogen-bond acceptors (Lipinski definition) is 1. The first-order chi connectivity index (χ1) is 7.13. The second kappa shape index (κ2) is 6.29. The van der Waals surface area contributed by atoms with E-state index in [4.69, 9.17) is 0 Å². The van der Waals surface area contributed by atoms with Crippen LogP contribution in [0.15, 0.2) is 24.3 Å². The molecule has 1 rings (SSSR count). The summed E-state index contributed by atoms with van der Waals surface area (Å²) in [6.07, 6.45) is 0. The second-order valence-corrected chi connectivity index (χ2v) is 5.03. The van der Waals surface area contributed by atoms with Gasteiger partial charge in [-0.25, -0.2) is 0 Å². The van der Waals surface area contributed by atoms with Crippen LogP contribution in [-0.2, 0) is 6.54 Å². The van der Waals surface area contributed by atoms with Crippen LogP contribution < -0.4 is 0 Å². The van der Waals surface area contributed by atoms with Crippen molar-refractivity contribution in [3.05, 3.63) is 35.4 Å². The Morgan fingerprint density at radius 2 is 2.00 bits per heavy atom. The van der Waals surface area contributed by atoms with Gasteiger partial charge in [-0.2, -0.15) is 0 Å². The molecule has 0 aromatic heterocycles. The van der Waals surface area contributed by atoms with Crippen LogP contribution in [0.5, 0.6) is 0 Å². The summed E-state index contributed by atoms with van der Waals surface area (Å²) in [5, 5.41) is 1.07. The molecule has 0 bridgehead atoms. The molecule has 0 saturated heterocycles. The normalized spacial score (nSPS) is 13.1. The molecule has 0 aliphatic heterocycles. The van der Waals surface area contributed by atoms with Gasteiger partial charge in [-0.1, -0.05) is 47.1 Å². The molecule has 0 spiro atoms. The van der Waals surface area contributed by atoms with Crippen LogP contribution in [0.3, 0.4) is 0 Å². The van der Waals surface area contributed by atoms with E-state index in [1.54, 1.807) is 0 Å². The number of rotatable bonds is 5. The van der Waals surface area contributed by atoms with Gasteiger partial charge in [-0.05, 0) is 31.0 Å². The number of benzene rings is 1. The van der Waals surface area contributed by atoms with Gasteiger partial charge >= 0.3 is 0 Å². The summed E-state index contributed by atoms with van der Waals surface area (Å²) in [7, 11) is 2.19. The largest absolute Gasteiger partial charge is 0.302 e. The van der Waals surface area contributed by atoms with Crippen molar-refractivity contribution in [3.63, 3.8) is 0 Å². The van der Waals surface area contributed by atoms with Crippen molar-refractivity contribution in [1.29, 1.82) is 0 Å². The molecule has 84 valence electrons. The summed E-state index contributed by atoms with van der Waals surface area (Å²) in [4.78, 5) is 2.38. The van der Waals surface area contributed by atoms with Crippen LogP contribution in [0, 0.1) is 12.8 Å². The molecule has 0 saturated carbocycles. The summed E-state index contributed by atoms with van der Waals surface area (Å²) in [5.74, 6) is 0.707. The monoisotopic (exact) mass is 269 g/mol. The Kier molecular flexibility index (Phi) is 5.34. The Hall–Kier alpha value is -0.340. The standard InChI is InChI=1S/C13H20BrN/c1-11(8-14)9-15(3)10-13-7-5-4-6-12(13)2/h4-7,11H,8-10H2,1-3H3. The Bertz CT molecular complexity index is 298. The smallest absolute Gasteiger partial charge is 0.0233 e. The summed E-state index contributed by atoms with van der Waals surface area (Å²) in [5.41, 5.74) is 2.82. The first kappa shape index (κ1) is 12.7. The molecule has 0 N–H and O–H groups in total. The van der Waals surface area contributed by atoms with E-state index in [1.165, 1.54) is 11.1 Å². The molecule has 0 radical (unpaired) electrons. The summed E-state index contributed by atoms with van der Waals surface area (Å²) in [6.45, 7) is 6.63. The lowest BCUT2D eigenvalue weighted by Crippen LogP contribution is -2.24. The maximum atomic E-state index is 3.52. The molecule has 0 fully saturated rings. The Balaban J connectivity index is 2.51. The molecular weight excluding hydrogens is 250 g/mol. The Labute approximate surface area is 102 Å². The van der Waals surface area contributed by atoms with Gasteiger partial charge in [0.1, 0.15) is 0 Å². The SMILES string of the molecule is Cc1ccccc1CN(C)CC(C)CBr. The fourth-order valence-electron chi connectivity index (χ4n) is 1.72. The van der Waals surface area contributed by atoms with E-state index >= 15 is 0 Å². The molecule has 15 heavy (non-hydrogen) atoms. The predicted octanol–water partition coefficient (Wildman–Crippen LogP) is 3.46. The summed E-state index contributed by atoms with van der Waals surface area (Å²) >= 11 is 3.52. The highest BCUT2D eigenvalue weighted by molar-refractivity contribution is 9.09. The van der Waals surface area contributed by atoms with E-state index in [1.807, 2.05) is 0 Å². The minimum Gasteiger partial charge on any atom is -0.302 e. The quantitative estimate of drug-likeness (QED) is 0.741. The van der Waals surface area contributed by atoms with Crippen molar-refractivity contribution in [1.82, 2.24) is 4.90 Å². The lowest BCUT2D eigenvalue weighted by Gasteiger charge is -2.20. The highest BCUT2D eigenvalue weighted by Gasteiger charge is 2.06. The third kappa shape index (κ3) is 4.35. The Morgan fingerprint density at radius 1 is 1.33 bits per heavy atom. The van der Waals surface area contributed by atoms with Gasteiger partial charge in [-0.3, -0.25) is 0 Å². The van der Waals surface area contributed by atoms with Crippen LogP contribution in [-0.4, -0.2) is 23.8 Å². The zero-order valence-electron chi connectivity index (χ0n) is 9.83. The van der Waals surface area contributed by atoms with Crippen molar-refractivity contribution in [2.45, 2.75) is 20.4 Å². The van der Waals surface area contributed by atoms with Crippen LogP contribution >= 0.6 is 15.9 Å². The van der Waals surface area contributed by atoms with Gasteiger partial charge in [0.25, 0.3) is 0 Å². The van der Waals surface area contributed by atoms with Gasteiger partial charge in [0, 0.05) is 18.4 Å². The average molecular weight is 270 g/mol. The van der Waals surface area contributed by atoms with E-state index in [9.17, 15) is 0 Å². The molecule has 1 atom stereocenters. The topological polar surface area (TPSA) is 3.24 Å². The van der Waals surface area contributed by atoms with E-state index < -0.39 is 0 Å². The van der Waals surface area contributed by atoms with Crippen molar-refractivity contribution in [3.8, 4) is 0 Å². The lowest BCUT2D eigenvalue weighted by atomic mass is 10.1.